The van der Waals surface area contributed by atoms with Crippen molar-refractivity contribution in [1.82, 2.24) is 10.3 Å². The predicted octanol–water partition coefficient (Wildman–Crippen LogP) is 1.82. The van der Waals surface area contributed by atoms with Crippen molar-refractivity contribution >= 4 is 22.6 Å². The van der Waals surface area contributed by atoms with Crippen LogP contribution in [0.4, 0.5) is 5.82 Å². The summed E-state index contributed by atoms with van der Waals surface area (Å²) in [6.45, 7) is 4.89. The Kier molecular flexibility index (Phi) is 3.02. The third kappa shape index (κ3) is 2.09. The number of rotatable bonds is 1. The molecular weight excluding hydrogens is 264 g/mol. The second-order valence-corrected chi connectivity index (χ2v) is 5.63. The van der Waals surface area contributed by atoms with E-state index in [9.17, 15) is 10.1 Å². The van der Waals surface area contributed by atoms with Gasteiger partial charge in [0.2, 0.25) is 5.91 Å². The van der Waals surface area contributed by atoms with Gasteiger partial charge in [0.25, 0.3) is 0 Å². The first-order valence-electron chi connectivity index (χ1n) is 6.90. The zero-order valence-corrected chi connectivity index (χ0v) is 12.1. The molecule has 1 amide bonds. The molecule has 0 saturated carbocycles. The van der Waals surface area contributed by atoms with Gasteiger partial charge in [-0.15, -0.1) is 0 Å². The Morgan fingerprint density at radius 2 is 2.14 bits per heavy atom. The van der Waals surface area contributed by atoms with Gasteiger partial charge in [0.05, 0.1) is 11.1 Å². The number of fused-ring (bicyclic) bond motifs is 1. The van der Waals surface area contributed by atoms with Crippen molar-refractivity contribution in [1.29, 1.82) is 5.26 Å². The van der Waals surface area contributed by atoms with Crippen molar-refractivity contribution in [2.75, 3.05) is 18.0 Å². The van der Waals surface area contributed by atoms with Gasteiger partial charge in [0.1, 0.15) is 17.4 Å². The molecule has 2 aromatic rings. The SMILES string of the molecule is CC1(C)C(=O)NCCN1c1nc2ccccc2cc1C#N. The first kappa shape index (κ1) is 13.4. The summed E-state index contributed by atoms with van der Waals surface area (Å²) in [4.78, 5) is 18.6. The second-order valence-electron chi connectivity index (χ2n) is 5.63. The number of amides is 1. The van der Waals surface area contributed by atoms with Crippen LogP contribution in [0.2, 0.25) is 0 Å². The first-order valence-corrected chi connectivity index (χ1v) is 6.90. The predicted molar refractivity (Wildman–Crippen MR) is 80.9 cm³/mol. The highest BCUT2D eigenvalue weighted by Gasteiger charge is 2.39. The number of anilines is 1. The van der Waals surface area contributed by atoms with Crippen LogP contribution in [0.25, 0.3) is 10.9 Å². The van der Waals surface area contributed by atoms with Crippen LogP contribution in [0.15, 0.2) is 30.3 Å². The van der Waals surface area contributed by atoms with Gasteiger partial charge in [-0.05, 0) is 26.0 Å². The molecular formula is C16H16N4O. The van der Waals surface area contributed by atoms with Crippen LogP contribution in [0.1, 0.15) is 19.4 Å². The standard InChI is InChI=1S/C16H16N4O/c1-16(2)15(21)18-7-8-20(16)14-12(10-17)9-11-5-3-4-6-13(11)19-14/h3-6,9H,7-8H2,1-2H3,(H,18,21). The van der Waals surface area contributed by atoms with Gasteiger partial charge < -0.3 is 10.2 Å². The molecule has 1 saturated heterocycles. The molecule has 0 aliphatic carbocycles. The van der Waals surface area contributed by atoms with Crippen LogP contribution < -0.4 is 10.2 Å². The quantitative estimate of drug-likeness (QED) is 0.865. The smallest absolute Gasteiger partial charge is 0.245 e. The highest BCUT2D eigenvalue weighted by atomic mass is 16.2. The van der Waals surface area contributed by atoms with E-state index >= 15 is 0 Å². The van der Waals surface area contributed by atoms with Gasteiger partial charge in [-0.2, -0.15) is 5.26 Å². The summed E-state index contributed by atoms with van der Waals surface area (Å²) in [7, 11) is 0. The normalized spacial score (nSPS) is 17.4. The fourth-order valence-corrected chi connectivity index (χ4v) is 2.66. The van der Waals surface area contributed by atoms with Crippen molar-refractivity contribution in [2.24, 2.45) is 0 Å². The van der Waals surface area contributed by atoms with Crippen LogP contribution in [0.3, 0.4) is 0 Å². The van der Waals surface area contributed by atoms with E-state index in [1.807, 2.05) is 49.1 Å². The van der Waals surface area contributed by atoms with Gasteiger partial charge in [0.15, 0.2) is 0 Å². The van der Waals surface area contributed by atoms with E-state index in [0.717, 1.165) is 10.9 Å². The number of nitrogens with zero attached hydrogens (tertiary/aromatic N) is 3. The number of aromatic nitrogens is 1. The molecule has 21 heavy (non-hydrogen) atoms. The summed E-state index contributed by atoms with van der Waals surface area (Å²) in [5, 5.41) is 13.2. The minimum Gasteiger partial charge on any atom is -0.352 e. The van der Waals surface area contributed by atoms with E-state index in [1.54, 1.807) is 0 Å². The topological polar surface area (TPSA) is 69.0 Å². The number of carbonyl (C=O) groups excluding carboxylic acids is 1. The summed E-state index contributed by atoms with van der Waals surface area (Å²) in [5.74, 6) is 0.531. The zero-order chi connectivity index (χ0) is 15.0. The van der Waals surface area contributed by atoms with Gasteiger partial charge in [-0.1, -0.05) is 18.2 Å². The maximum absolute atomic E-state index is 12.1. The lowest BCUT2D eigenvalue weighted by molar-refractivity contribution is -0.126. The Balaban J connectivity index is 2.19. The summed E-state index contributed by atoms with van der Waals surface area (Å²) >= 11 is 0. The van der Waals surface area contributed by atoms with E-state index in [4.69, 9.17) is 0 Å². The van der Waals surface area contributed by atoms with Gasteiger partial charge in [0, 0.05) is 18.5 Å². The molecule has 1 aliphatic heterocycles. The van der Waals surface area contributed by atoms with Crippen LogP contribution >= 0.6 is 0 Å². The second kappa shape index (κ2) is 4.74. The Morgan fingerprint density at radius 1 is 1.38 bits per heavy atom. The maximum Gasteiger partial charge on any atom is 0.245 e. The highest BCUT2D eigenvalue weighted by Crippen LogP contribution is 2.29. The molecule has 5 heteroatoms. The Morgan fingerprint density at radius 3 is 2.90 bits per heavy atom. The van der Waals surface area contributed by atoms with E-state index in [-0.39, 0.29) is 5.91 Å². The van der Waals surface area contributed by atoms with Crippen LogP contribution in [-0.2, 0) is 4.79 Å². The molecule has 0 bridgehead atoms. The third-order valence-electron chi connectivity index (χ3n) is 3.93. The van der Waals surface area contributed by atoms with Gasteiger partial charge in [-0.25, -0.2) is 4.98 Å². The molecule has 106 valence electrons. The monoisotopic (exact) mass is 280 g/mol. The molecule has 5 nitrogen and oxygen atoms in total. The number of pyridine rings is 1. The molecule has 0 radical (unpaired) electrons. The average molecular weight is 280 g/mol. The van der Waals surface area contributed by atoms with E-state index < -0.39 is 5.54 Å². The van der Waals surface area contributed by atoms with Crippen molar-refractivity contribution < 1.29 is 4.79 Å². The van der Waals surface area contributed by atoms with Crippen molar-refractivity contribution in [2.45, 2.75) is 19.4 Å². The number of piperazine rings is 1. The lowest BCUT2D eigenvalue weighted by atomic mass is 9.98. The van der Waals surface area contributed by atoms with Crippen LogP contribution in [0, 0.1) is 11.3 Å². The van der Waals surface area contributed by atoms with E-state index in [2.05, 4.69) is 16.4 Å². The number of nitrogens with one attached hydrogen (secondary N) is 1. The van der Waals surface area contributed by atoms with Crippen molar-refractivity contribution in [3.05, 3.63) is 35.9 Å². The fraction of sp³-hybridized carbons (Fsp3) is 0.312. The number of carbonyl (C=O) groups is 1. The minimum atomic E-state index is -0.723. The summed E-state index contributed by atoms with van der Waals surface area (Å²) in [5.41, 5.74) is 0.601. The largest absolute Gasteiger partial charge is 0.352 e. The molecule has 0 unspecified atom stereocenters. The number of nitriles is 1. The number of hydrogen-bond donors (Lipinski definition) is 1. The average Bonchev–Trinajstić information content (AvgIpc) is 2.48. The minimum absolute atomic E-state index is 0.0485. The molecule has 1 aliphatic rings. The maximum atomic E-state index is 12.1. The Labute approximate surface area is 123 Å². The zero-order valence-electron chi connectivity index (χ0n) is 12.1. The van der Waals surface area contributed by atoms with Gasteiger partial charge >= 0.3 is 0 Å². The Bertz CT molecular complexity index is 760. The van der Waals surface area contributed by atoms with E-state index in [0.29, 0.717) is 24.5 Å². The summed E-state index contributed by atoms with van der Waals surface area (Å²) in [6.07, 6.45) is 0. The fourth-order valence-electron chi connectivity index (χ4n) is 2.66. The van der Waals surface area contributed by atoms with Crippen molar-refractivity contribution in [3.63, 3.8) is 0 Å². The number of para-hydroxylation sites is 1. The van der Waals surface area contributed by atoms with E-state index in [1.165, 1.54) is 0 Å². The van der Waals surface area contributed by atoms with Gasteiger partial charge in [-0.3, -0.25) is 4.79 Å². The highest BCUT2D eigenvalue weighted by molar-refractivity contribution is 5.91. The number of benzene rings is 1. The Hall–Kier alpha value is -2.61. The van der Waals surface area contributed by atoms with Crippen LogP contribution in [-0.4, -0.2) is 29.5 Å². The number of hydrogen-bond acceptors (Lipinski definition) is 4. The van der Waals surface area contributed by atoms with Crippen molar-refractivity contribution in [3.8, 4) is 6.07 Å². The molecule has 3 rings (SSSR count). The summed E-state index contributed by atoms with van der Waals surface area (Å²) in [6, 6.07) is 11.7. The molecule has 1 N–H and O–H groups in total. The molecule has 1 aromatic carbocycles. The third-order valence-corrected chi connectivity index (χ3v) is 3.93. The molecule has 0 spiro atoms. The first-order chi connectivity index (χ1) is 10.0. The van der Waals surface area contributed by atoms with Crippen LogP contribution in [0.5, 0.6) is 0 Å². The summed E-state index contributed by atoms with van der Waals surface area (Å²) < 4.78 is 0. The lowest BCUT2D eigenvalue weighted by Gasteiger charge is -2.42. The molecule has 0 atom stereocenters. The molecule has 1 fully saturated rings. The lowest BCUT2D eigenvalue weighted by Crippen LogP contribution is -2.62. The molecule has 1 aromatic heterocycles. The molecule has 2 heterocycles.